The zero-order chi connectivity index (χ0) is 35.5. The van der Waals surface area contributed by atoms with Crippen molar-refractivity contribution in [3.63, 3.8) is 0 Å². The number of rotatable bonds is 5. The molecule has 2 heterocycles. The molecule has 9 aromatic rings. The summed E-state index contributed by atoms with van der Waals surface area (Å²) in [6, 6.07) is 59.6. The van der Waals surface area contributed by atoms with E-state index in [0.29, 0.717) is 17.5 Å². The zero-order valence-corrected chi connectivity index (χ0v) is 29.5. The third kappa shape index (κ3) is 5.14. The van der Waals surface area contributed by atoms with Gasteiger partial charge in [0.25, 0.3) is 0 Å². The Morgan fingerprint density at radius 2 is 0.868 bits per heavy atom. The highest BCUT2D eigenvalue weighted by Crippen LogP contribution is 2.51. The van der Waals surface area contributed by atoms with E-state index in [4.69, 9.17) is 19.9 Å². The van der Waals surface area contributed by atoms with Crippen LogP contribution >= 0.6 is 0 Å². The van der Waals surface area contributed by atoms with Gasteiger partial charge in [0.1, 0.15) is 0 Å². The first-order valence-corrected chi connectivity index (χ1v) is 18.1. The van der Waals surface area contributed by atoms with Crippen molar-refractivity contribution in [2.75, 3.05) is 0 Å². The highest BCUT2D eigenvalue weighted by molar-refractivity contribution is 6.10. The van der Waals surface area contributed by atoms with Gasteiger partial charge in [0.05, 0.1) is 11.2 Å². The molecule has 10 rings (SSSR count). The lowest BCUT2D eigenvalue weighted by atomic mass is 9.82. The quantitative estimate of drug-likeness (QED) is 0.182. The molecular formula is C49H34N4. The Kier molecular flexibility index (Phi) is 7.12. The molecule has 1 aliphatic carbocycles. The molecular weight excluding hydrogens is 645 g/mol. The van der Waals surface area contributed by atoms with E-state index < -0.39 is 0 Å². The lowest BCUT2D eigenvalue weighted by molar-refractivity contribution is 0.661. The molecule has 2 aromatic heterocycles. The molecule has 0 amide bonds. The molecule has 4 heteroatoms. The van der Waals surface area contributed by atoms with Gasteiger partial charge in [-0.25, -0.2) is 19.9 Å². The van der Waals surface area contributed by atoms with Crippen LogP contribution in [0.2, 0.25) is 0 Å². The normalized spacial score (nSPS) is 12.9. The molecule has 53 heavy (non-hydrogen) atoms. The van der Waals surface area contributed by atoms with Crippen molar-refractivity contribution < 1.29 is 0 Å². The first-order valence-electron chi connectivity index (χ1n) is 18.1. The second-order valence-electron chi connectivity index (χ2n) is 14.3. The van der Waals surface area contributed by atoms with Gasteiger partial charge in [-0.15, -0.1) is 0 Å². The summed E-state index contributed by atoms with van der Waals surface area (Å²) in [7, 11) is 0. The predicted octanol–water partition coefficient (Wildman–Crippen LogP) is 12.2. The van der Waals surface area contributed by atoms with Gasteiger partial charge in [0.2, 0.25) is 0 Å². The van der Waals surface area contributed by atoms with Crippen LogP contribution in [0.1, 0.15) is 25.0 Å². The first-order chi connectivity index (χ1) is 26.0. The average Bonchev–Trinajstić information content (AvgIpc) is 3.45. The third-order valence-corrected chi connectivity index (χ3v) is 10.7. The standard InChI is InChI=1S/C49H34N4/c1-49(2)42-25-15-14-24-37(42)40-28-41-39(29-44(31-16-6-3-7-17-31)50-45(41)30-43(40)49)36-26-27-38(35-23-13-12-22-34(35)36)48-52-46(32-18-8-4-9-19-32)51-47(53-48)33-20-10-5-11-21-33/h3-30H,1-2H3. The molecule has 0 aliphatic heterocycles. The fraction of sp³-hybridized carbons (Fsp3) is 0.0612. The summed E-state index contributed by atoms with van der Waals surface area (Å²) in [5.41, 5.74) is 13.3. The molecule has 7 aromatic carbocycles. The zero-order valence-electron chi connectivity index (χ0n) is 29.5. The number of pyridine rings is 1. The average molecular weight is 679 g/mol. The van der Waals surface area contributed by atoms with Crippen LogP contribution in [0.5, 0.6) is 0 Å². The summed E-state index contributed by atoms with van der Waals surface area (Å²) in [5.74, 6) is 1.93. The molecule has 250 valence electrons. The third-order valence-electron chi connectivity index (χ3n) is 10.7. The first kappa shape index (κ1) is 31.0. The number of hydrogen-bond donors (Lipinski definition) is 0. The van der Waals surface area contributed by atoms with E-state index >= 15 is 0 Å². The summed E-state index contributed by atoms with van der Waals surface area (Å²) >= 11 is 0. The van der Waals surface area contributed by atoms with Crippen molar-refractivity contribution in [3.8, 4) is 67.7 Å². The fourth-order valence-electron chi connectivity index (χ4n) is 8.06. The molecule has 0 unspecified atom stereocenters. The molecule has 0 fully saturated rings. The molecule has 0 bridgehead atoms. The highest BCUT2D eigenvalue weighted by Gasteiger charge is 2.36. The number of fused-ring (bicyclic) bond motifs is 5. The Labute approximate surface area is 308 Å². The van der Waals surface area contributed by atoms with E-state index in [1.165, 1.54) is 22.3 Å². The molecule has 0 atom stereocenters. The minimum atomic E-state index is -0.124. The van der Waals surface area contributed by atoms with Gasteiger partial charge in [-0.05, 0) is 68.4 Å². The van der Waals surface area contributed by atoms with Crippen LogP contribution in [-0.2, 0) is 5.41 Å². The van der Waals surface area contributed by atoms with E-state index in [1.54, 1.807) is 0 Å². The molecule has 1 aliphatic rings. The largest absolute Gasteiger partial charge is 0.248 e. The van der Waals surface area contributed by atoms with Gasteiger partial charge < -0.3 is 0 Å². The summed E-state index contributed by atoms with van der Waals surface area (Å²) in [6.07, 6.45) is 0. The summed E-state index contributed by atoms with van der Waals surface area (Å²) in [6.45, 7) is 4.65. The predicted molar refractivity (Wildman–Crippen MR) is 217 cm³/mol. The van der Waals surface area contributed by atoms with Crippen molar-refractivity contribution in [2.45, 2.75) is 19.3 Å². The molecule has 0 saturated carbocycles. The van der Waals surface area contributed by atoms with E-state index in [9.17, 15) is 0 Å². The monoisotopic (exact) mass is 678 g/mol. The molecule has 0 saturated heterocycles. The van der Waals surface area contributed by atoms with Crippen LogP contribution in [0, 0.1) is 0 Å². The van der Waals surface area contributed by atoms with Crippen molar-refractivity contribution >= 4 is 21.7 Å². The Morgan fingerprint density at radius 3 is 1.53 bits per heavy atom. The van der Waals surface area contributed by atoms with Crippen LogP contribution in [-0.4, -0.2) is 19.9 Å². The number of benzene rings is 7. The number of nitrogens with zero attached hydrogens (tertiary/aromatic N) is 4. The van der Waals surface area contributed by atoms with Crippen LogP contribution in [0.25, 0.3) is 89.4 Å². The van der Waals surface area contributed by atoms with Gasteiger partial charge >= 0.3 is 0 Å². The molecule has 0 radical (unpaired) electrons. The maximum atomic E-state index is 5.33. The Morgan fingerprint density at radius 1 is 0.340 bits per heavy atom. The van der Waals surface area contributed by atoms with Crippen LogP contribution in [0.15, 0.2) is 170 Å². The van der Waals surface area contributed by atoms with Crippen molar-refractivity contribution in [1.29, 1.82) is 0 Å². The van der Waals surface area contributed by atoms with Crippen LogP contribution in [0.3, 0.4) is 0 Å². The molecule has 4 nitrogen and oxygen atoms in total. The van der Waals surface area contributed by atoms with E-state index in [0.717, 1.165) is 60.8 Å². The topological polar surface area (TPSA) is 51.6 Å². The Hall–Kier alpha value is -6.78. The maximum Gasteiger partial charge on any atom is 0.164 e. The second kappa shape index (κ2) is 12.2. The van der Waals surface area contributed by atoms with Crippen LogP contribution in [0.4, 0.5) is 0 Å². The summed E-state index contributed by atoms with van der Waals surface area (Å²) in [5, 5.41) is 3.33. The Balaban J connectivity index is 1.23. The fourth-order valence-corrected chi connectivity index (χ4v) is 8.06. The van der Waals surface area contributed by atoms with E-state index in [2.05, 4.69) is 123 Å². The summed E-state index contributed by atoms with van der Waals surface area (Å²) < 4.78 is 0. The van der Waals surface area contributed by atoms with Crippen LogP contribution < -0.4 is 0 Å². The Bertz CT molecular complexity index is 2790. The van der Waals surface area contributed by atoms with E-state index in [-0.39, 0.29) is 5.41 Å². The van der Waals surface area contributed by atoms with Gasteiger partial charge in [0.15, 0.2) is 17.5 Å². The van der Waals surface area contributed by atoms with Gasteiger partial charge in [0, 0.05) is 33.1 Å². The van der Waals surface area contributed by atoms with Gasteiger partial charge in [-0.3, -0.25) is 0 Å². The number of hydrogen-bond acceptors (Lipinski definition) is 4. The smallest absolute Gasteiger partial charge is 0.164 e. The van der Waals surface area contributed by atoms with E-state index in [1.807, 2.05) is 60.7 Å². The maximum absolute atomic E-state index is 5.33. The number of aromatic nitrogens is 4. The van der Waals surface area contributed by atoms with Gasteiger partial charge in [-0.2, -0.15) is 0 Å². The summed E-state index contributed by atoms with van der Waals surface area (Å²) in [4.78, 5) is 20.5. The molecule has 0 N–H and O–H groups in total. The minimum absolute atomic E-state index is 0.124. The van der Waals surface area contributed by atoms with Gasteiger partial charge in [-0.1, -0.05) is 159 Å². The van der Waals surface area contributed by atoms with Crippen molar-refractivity contribution in [1.82, 2.24) is 19.9 Å². The molecule has 0 spiro atoms. The SMILES string of the molecule is CC1(C)c2ccccc2-c2cc3c(-c4ccc(-c5nc(-c6ccccc6)nc(-c6ccccc6)n5)c5ccccc45)cc(-c4ccccc4)nc3cc21. The lowest BCUT2D eigenvalue weighted by Crippen LogP contribution is -2.14. The highest BCUT2D eigenvalue weighted by atomic mass is 15.0. The minimum Gasteiger partial charge on any atom is -0.248 e. The van der Waals surface area contributed by atoms with Crippen molar-refractivity contribution in [2.24, 2.45) is 0 Å². The lowest BCUT2D eigenvalue weighted by Gasteiger charge is -2.22. The second-order valence-corrected chi connectivity index (χ2v) is 14.3. The van der Waals surface area contributed by atoms with Crippen molar-refractivity contribution in [3.05, 3.63) is 181 Å².